The highest BCUT2D eigenvalue weighted by atomic mass is 19.1. The summed E-state index contributed by atoms with van der Waals surface area (Å²) in [4.78, 5) is 11.1. The van der Waals surface area contributed by atoms with Crippen LogP contribution in [0.4, 0.5) is 4.39 Å². The predicted octanol–water partition coefficient (Wildman–Crippen LogP) is 2.82. The van der Waals surface area contributed by atoms with Crippen molar-refractivity contribution in [3.8, 4) is 0 Å². The summed E-state index contributed by atoms with van der Waals surface area (Å²) in [5, 5.41) is 3.14. The summed E-state index contributed by atoms with van der Waals surface area (Å²) in [7, 11) is 1.36. The summed E-state index contributed by atoms with van der Waals surface area (Å²) >= 11 is 0. The molecule has 0 bridgehead atoms. The van der Waals surface area contributed by atoms with Crippen LogP contribution in [0.5, 0.6) is 0 Å². The molecule has 0 amide bonds. The summed E-state index contributed by atoms with van der Waals surface area (Å²) in [6.07, 6.45) is 3.05. The molecule has 100 valence electrons. The van der Waals surface area contributed by atoms with E-state index in [0.717, 1.165) is 24.8 Å². The molecule has 0 heterocycles. The molecule has 0 saturated carbocycles. The fourth-order valence-electron chi connectivity index (χ4n) is 1.77. The molecule has 0 fully saturated rings. The van der Waals surface area contributed by atoms with Crippen molar-refractivity contribution in [3.63, 3.8) is 0 Å². The van der Waals surface area contributed by atoms with Crippen molar-refractivity contribution < 1.29 is 13.9 Å². The minimum Gasteiger partial charge on any atom is -0.468 e. The normalized spacial score (nSPS) is 12.2. The lowest BCUT2D eigenvalue weighted by Crippen LogP contribution is -2.28. The number of unbranched alkanes of at least 4 members (excludes halogenated alkanes) is 1. The van der Waals surface area contributed by atoms with E-state index in [2.05, 4.69) is 17.0 Å². The number of methoxy groups -OCH3 is 1. The van der Waals surface area contributed by atoms with E-state index in [4.69, 9.17) is 0 Å². The van der Waals surface area contributed by atoms with Crippen molar-refractivity contribution in [3.05, 3.63) is 35.6 Å². The van der Waals surface area contributed by atoms with Crippen LogP contribution in [0.1, 0.15) is 37.8 Å². The Morgan fingerprint density at radius 1 is 1.39 bits per heavy atom. The number of hydrogen-bond acceptors (Lipinski definition) is 3. The number of hydrogen-bond donors (Lipinski definition) is 1. The lowest BCUT2D eigenvalue weighted by molar-refractivity contribution is -0.139. The second-order valence-electron chi connectivity index (χ2n) is 4.20. The Morgan fingerprint density at radius 2 is 2.06 bits per heavy atom. The molecule has 0 aliphatic rings. The molecule has 0 aromatic heterocycles. The summed E-state index contributed by atoms with van der Waals surface area (Å²) in [6, 6.07) is 6.44. The van der Waals surface area contributed by atoms with Gasteiger partial charge < -0.3 is 10.1 Å². The van der Waals surface area contributed by atoms with Crippen LogP contribution < -0.4 is 5.32 Å². The van der Waals surface area contributed by atoms with Gasteiger partial charge in [0.2, 0.25) is 0 Å². The summed E-state index contributed by atoms with van der Waals surface area (Å²) < 4.78 is 17.5. The van der Waals surface area contributed by atoms with Gasteiger partial charge in [-0.1, -0.05) is 31.9 Å². The molecule has 0 spiro atoms. The largest absolute Gasteiger partial charge is 0.468 e. The third-order valence-electron chi connectivity index (χ3n) is 2.84. The van der Waals surface area contributed by atoms with E-state index in [1.807, 2.05) is 0 Å². The predicted molar refractivity (Wildman–Crippen MR) is 68.7 cm³/mol. The van der Waals surface area contributed by atoms with Gasteiger partial charge >= 0.3 is 5.97 Å². The number of halogens is 1. The first-order chi connectivity index (χ1) is 8.67. The average molecular weight is 253 g/mol. The van der Waals surface area contributed by atoms with Crippen molar-refractivity contribution in [1.82, 2.24) is 5.32 Å². The van der Waals surface area contributed by atoms with Gasteiger partial charge in [-0.2, -0.15) is 0 Å². The van der Waals surface area contributed by atoms with E-state index in [-0.39, 0.29) is 24.4 Å². The zero-order chi connectivity index (χ0) is 13.4. The number of esters is 1. The molecule has 18 heavy (non-hydrogen) atoms. The lowest BCUT2D eigenvalue weighted by atomic mass is 10.0. The van der Waals surface area contributed by atoms with Crippen LogP contribution in [0.2, 0.25) is 0 Å². The van der Waals surface area contributed by atoms with Gasteiger partial charge in [-0.15, -0.1) is 0 Å². The van der Waals surface area contributed by atoms with E-state index in [9.17, 15) is 9.18 Å². The number of ether oxygens (including phenoxy) is 1. The van der Waals surface area contributed by atoms with Gasteiger partial charge in [0.1, 0.15) is 5.82 Å². The van der Waals surface area contributed by atoms with Gasteiger partial charge in [-0.25, -0.2) is 4.39 Å². The minimum absolute atomic E-state index is 0.0599. The van der Waals surface area contributed by atoms with Gasteiger partial charge in [0.05, 0.1) is 13.7 Å². The van der Waals surface area contributed by atoms with Gasteiger partial charge in [0, 0.05) is 6.04 Å². The molecule has 3 nitrogen and oxygen atoms in total. The van der Waals surface area contributed by atoms with Gasteiger partial charge in [-0.05, 0) is 24.1 Å². The second kappa shape index (κ2) is 7.82. The average Bonchev–Trinajstić information content (AvgIpc) is 2.40. The zero-order valence-electron chi connectivity index (χ0n) is 10.9. The third kappa shape index (κ3) is 4.84. The van der Waals surface area contributed by atoms with Crippen LogP contribution in [0, 0.1) is 5.82 Å². The lowest BCUT2D eigenvalue weighted by Gasteiger charge is -2.18. The van der Waals surface area contributed by atoms with Crippen molar-refractivity contribution in [2.45, 2.75) is 32.2 Å². The Labute approximate surface area is 107 Å². The van der Waals surface area contributed by atoms with Gasteiger partial charge in [-0.3, -0.25) is 4.79 Å². The Morgan fingerprint density at radius 3 is 2.61 bits per heavy atom. The quantitative estimate of drug-likeness (QED) is 0.759. The van der Waals surface area contributed by atoms with Crippen molar-refractivity contribution in [2.24, 2.45) is 0 Å². The highest BCUT2D eigenvalue weighted by Crippen LogP contribution is 2.19. The number of benzene rings is 1. The van der Waals surface area contributed by atoms with E-state index in [1.165, 1.54) is 19.2 Å². The van der Waals surface area contributed by atoms with Crippen molar-refractivity contribution in [1.29, 1.82) is 0 Å². The molecule has 0 saturated heterocycles. The Balaban J connectivity index is 2.64. The molecule has 1 aromatic rings. The number of carbonyl (C=O) groups excluding carboxylic acids is 1. The van der Waals surface area contributed by atoms with Crippen molar-refractivity contribution >= 4 is 5.97 Å². The summed E-state index contributed by atoms with van der Waals surface area (Å²) in [5.41, 5.74) is 0.994. The standard InChI is InChI=1S/C14H20FNO2/c1-3-4-5-13(16-10-14(17)18-2)11-6-8-12(15)9-7-11/h6-9,13,16H,3-5,10H2,1-2H3. The second-order valence-corrected chi connectivity index (χ2v) is 4.20. The number of carbonyl (C=O) groups is 1. The summed E-state index contributed by atoms with van der Waals surface area (Å²) in [6.45, 7) is 2.28. The van der Waals surface area contributed by atoms with E-state index < -0.39 is 0 Å². The van der Waals surface area contributed by atoms with Gasteiger partial charge in [0.25, 0.3) is 0 Å². The maximum Gasteiger partial charge on any atom is 0.319 e. The molecule has 4 heteroatoms. The SMILES string of the molecule is CCCCC(NCC(=O)OC)c1ccc(F)cc1. The molecule has 0 radical (unpaired) electrons. The van der Waals surface area contributed by atoms with Crippen LogP contribution in [0.3, 0.4) is 0 Å². The Kier molecular flexibility index (Phi) is 6.36. The first-order valence-electron chi connectivity index (χ1n) is 6.23. The summed E-state index contributed by atoms with van der Waals surface area (Å²) in [5.74, 6) is -0.542. The minimum atomic E-state index is -0.293. The first-order valence-corrected chi connectivity index (χ1v) is 6.23. The van der Waals surface area contributed by atoms with Crippen LogP contribution in [-0.2, 0) is 9.53 Å². The van der Waals surface area contributed by atoms with Crippen LogP contribution in [0.15, 0.2) is 24.3 Å². The fourth-order valence-corrected chi connectivity index (χ4v) is 1.77. The molecule has 1 atom stereocenters. The number of rotatable bonds is 7. The molecule has 0 aliphatic heterocycles. The Hall–Kier alpha value is -1.42. The monoisotopic (exact) mass is 253 g/mol. The van der Waals surface area contributed by atoms with Crippen LogP contribution in [-0.4, -0.2) is 19.6 Å². The smallest absolute Gasteiger partial charge is 0.319 e. The van der Waals surface area contributed by atoms with Crippen molar-refractivity contribution in [2.75, 3.05) is 13.7 Å². The van der Waals surface area contributed by atoms with E-state index in [1.54, 1.807) is 12.1 Å². The van der Waals surface area contributed by atoms with Crippen LogP contribution >= 0.6 is 0 Å². The third-order valence-corrected chi connectivity index (χ3v) is 2.84. The topological polar surface area (TPSA) is 38.3 Å². The maximum atomic E-state index is 12.9. The van der Waals surface area contributed by atoms with Gasteiger partial charge in [0.15, 0.2) is 0 Å². The molecule has 1 aromatic carbocycles. The van der Waals surface area contributed by atoms with E-state index >= 15 is 0 Å². The van der Waals surface area contributed by atoms with E-state index in [0.29, 0.717) is 0 Å². The molecule has 1 rings (SSSR count). The Bertz CT molecular complexity index is 365. The first kappa shape index (κ1) is 14.6. The molecular weight excluding hydrogens is 233 g/mol. The highest BCUT2D eigenvalue weighted by Gasteiger charge is 2.12. The maximum absolute atomic E-state index is 12.9. The molecular formula is C14H20FNO2. The highest BCUT2D eigenvalue weighted by molar-refractivity contribution is 5.71. The molecule has 1 unspecified atom stereocenters. The molecule has 1 N–H and O–H groups in total. The zero-order valence-corrected chi connectivity index (χ0v) is 10.9. The van der Waals surface area contributed by atoms with Crippen LogP contribution in [0.25, 0.3) is 0 Å². The number of nitrogens with one attached hydrogen (secondary N) is 1. The fraction of sp³-hybridized carbons (Fsp3) is 0.500. The molecule has 0 aliphatic carbocycles.